The lowest BCUT2D eigenvalue weighted by atomic mass is 10.2. The maximum atomic E-state index is 11.4. The van der Waals surface area contributed by atoms with Gasteiger partial charge in [0.25, 0.3) is 0 Å². The zero-order chi connectivity index (χ0) is 16.1. The summed E-state index contributed by atoms with van der Waals surface area (Å²) in [7, 11) is 1.37. The largest absolute Gasteiger partial charge is 0.465 e. The Morgan fingerprint density at radius 1 is 1.30 bits per heavy atom. The van der Waals surface area contributed by atoms with E-state index in [2.05, 4.69) is 44.2 Å². The molecule has 1 atom stereocenters. The minimum Gasteiger partial charge on any atom is -0.465 e. The number of benzene rings is 1. The molecule has 1 aromatic heterocycles. The third-order valence-electron chi connectivity index (χ3n) is 4.06. The molecule has 23 heavy (non-hydrogen) atoms. The van der Waals surface area contributed by atoms with Gasteiger partial charge in [-0.15, -0.1) is 0 Å². The van der Waals surface area contributed by atoms with Gasteiger partial charge in [-0.05, 0) is 24.1 Å². The summed E-state index contributed by atoms with van der Waals surface area (Å²) in [6.07, 6.45) is 2.64. The van der Waals surface area contributed by atoms with Crippen molar-refractivity contribution < 1.29 is 9.53 Å². The van der Waals surface area contributed by atoms with Gasteiger partial charge in [-0.2, -0.15) is 0 Å². The van der Waals surface area contributed by atoms with E-state index in [0.29, 0.717) is 11.6 Å². The molecule has 1 aliphatic rings. The maximum absolute atomic E-state index is 11.4. The Kier molecular flexibility index (Phi) is 4.88. The third-order valence-corrected chi connectivity index (χ3v) is 4.06. The lowest BCUT2D eigenvalue weighted by molar-refractivity contribution is 0.0600. The fourth-order valence-corrected chi connectivity index (χ4v) is 2.86. The molecule has 5 heteroatoms. The van der Waals surface area contributed by atoms with Gasteiger partial charge in [0.1, 0.15) is 5.82 Å². The Morgan fingerprint density at radius 2 is 2.13 bits per heavy atom. The molecular weight excluding hydrogens is 290 g/mol. The number of nitrogens with one attached hydrogen (secondary N) is 1. The average molecular weight is 311 g/mol. The second-order valence-corrected chi connectivity index (χ2v) is 5.77. The van der Waals surface area contributed by atoms with E-state index in [1.54, 1.807) is 12.3 Å². The summed E-state index contributed by atoms with van der Waals surface area (Å²) in [5, 5.41) is 3.44. The van der Waals surface area contributed by atoms with Crippen molar-refractivity contribution in [2.45, 2.75) is 19.0 Å². The standard InChI is InChI=1S/C18H21N3O2/c1-23-18(22)15-7-8-17(19-11-15)20-16-9-10-21(13-16)12-14-5-3-2-4-6-14/h2-8,11,16H,9-10,12-13H2,1H3,(H,19,20)/t16-/m1/s1. The predicted octanol–water partition coefficient (Wildman–Crippen LogP) is 2.55. The summed E-state index contributed by atoms with van der Waals surface area (Å²) in [4.78, 5) is 18.1. The van der Waals surface area contributed by atoms with E-state index in [4.69, 9.17) is 0 Å². The van der Waals surface area contributed by atoms with Crippen LogP contribution in [0.25, 0.3) is 0 Å². The first-order valence-electron chi connectivity index (χ1n) is 7.82. The Bertz CT molecular complexity index is 643. The zero-order valence-corrected chi connectivity index (χ0v) is 13.2. The number of ether oxygens (including phenoxy) is 1. The molecule has 5 nitrogen and oxygen atoms in total. The number of pyridine rings is 1. The molecule has 1 aliphatic heterocycles. The Morgan fingerprint density at radius 3 is 2.83 bits per heavy atom. The SMILES string of the molecule is COC(=O)c1ccc(N[C@@H]2CCN(Cc3ccccc3)C2)nc1. The van der Waals surface area contributed by atoms with Gasteiger partial charge in [-0.3, -0.25) is 4.90 Å². The van der Waals surface area contributed by atoms with Gasteiger partial charge in [0.2, 0.25) is 0 Å². The Balaban J connectivity index is 1.52. The number of nitrogens with zero attached hydrogens (tertiary/aromatic N) is 2. The molecule has 0 amide bonds. The number of carbonyl (C=O) groups is 1. The topological polar surface area (TPSA) is 54.5 Å². The summed E-state index contributed by atoms with van der Waals surface area (Å²) >= 11 is 0. The highest BCUT2D eigenvalue weighted by Crippen LogP contribution is 2.17. The van der Waals surface area contributed by atoms with Crippen LogP contribution in [-0.4, -0.2) is 42.1 Å². The fourth-order valence-electron chi connectivity index (χ4n) is 2.86. The van der Waals surface area contributed by atoms with Crippen molar-refractivity contribution in [3.63, 3.8) is 0 Å². The molecule has 120 valence electrons. The van der Waals surface area contributed by atoms with Crippen LogP contribution in [-0.2, 0) is 11.3 Å². The van der Waals surface area contributed by atoms with Crippen molar-refractivity contribution in [1.29, 1.82) is 0 Å². The molecule has 1 aromatic carbocycles. The highest BCUT2D eigenvalue weighted by Gasteiger charge is 2.22. The minimum atomic E-state index is -0.362. The van der Waals surface area contributed by atoms with Gasteiger partial charge in [0.05, 0.1) is 12.7 Å². The van der Waals surface area contributed by atoms with Gasteiger partial charge in [0.15, 0.2) is 0 Å². The van der Waals surface area contributed by atoms with E-state index in [0.717, 1.165) is 31.9 Å². The van der Waals surface area contributed by atoms with Crippen LogP contribution in [0.15, 0.2) is 48.7 Å². The highest BCUT2D eigenvalue weighted by atomic mass is 16.5. The maximum Gasteiger partial charge on any atom is 0.339 e. The number of likely N-dealkylation sites (tertiary alicyclic amines) is 1. The van der Waals surface area contributed by atoms with E-state index in [9.17, 15) is 4.79 Å². The molecule has 2 heterocycles. The number of rotatable bonds is 5. The summed E-state index contributed by atoms with van der Waals surface area (Å²) in [5.41, 5.74) is 1.81. The predicted molar refractivity (Wildman–Crippen MR) is 89.3 cm³/mol. The van der Waals surface area contributed by atoms with E-state index < -0.39 is 0 Å². The molecule has 0 radical (unpaired) electrons. The molecule has 1 saturated heterocycles. The molecule has 0 bridgehead atoms. The van der Waals surface area contributed by atoms with Gasteiger partial charge in [-0.1, -0.05) is 30.3 Å². The van der Waals surface area contributed by atoms with E-state index in [1.165, 1.54) is 12.7 Å². The van der Waals surface area contributed by atoms with Crippen LogP contribution in [0.4, 0.5) is 5.82 Å². The second-order valence-electron chi connectivity index (χ2n) is 5.77. The van der Waals surface area contributed by atoms with Gasteiger partial charge < -0.3 is 10.1 Å². The van der Waals surface area contributed by atoms with Crippen LogP contribution in [0, 0.1) is 0 Å². The van der Waals surface area contributed by atoms with Gasteiger partial charge in [0, 0.05) is 31.9 Å². The molecule has 0 unspecified atom stereocenters. The van der Waals surface area contributed by atoms with Crippen molar-refractivity contribution in [3.05, 3.63) is 59.8 Å². The fraction of sp³-hybridized carbons (Fsp3) is 0.333. The number of anilines is 1. The number of hydrogen-bond donors (Lipinski definition) is 1. The van der Waals surface area contributed by atoms with E-state index >= 15 is 0 Å². The summed E-state index contributed by atoms with van der Waals surface area (Å²) in [5.74, 6) is 0.433. The first-order chi connectivity index (χ1) is 11.2. The zero-order valence-electron chi connectivity index (χ0n) is 13.2. The number of hydrogen-bond acceptors (Lipinski definition) is 5. The molecule has 0 saturated carbocycles. The minimum absolute atomic E-state index is 0.362. The molecule has 1 fully saturated rings. The van der Waals surface area contributed by atoms with Crippen LogP contribution >= 0.6 is 0 Å². The third kappa shape index (κ3) is 4.07. The van der Waals surface area contributed by atoms with Crippen molar-refractivity contribution in [3.8, 4) is 0 Å². The van der Waals surface area contributed by atoms with Crippen LogP contribution in [0.3, 0.4) is 0 Å². The monoisotopic (exact) mass is 311 g/mol. The number of esters is 1. The first kappa shape index (κ1) is 15.5. The summed E-state index contributed by atoms with van der Waals surface area (Å²) < 4.78 is 4.67. The van der Waals surface area contributed by atoms with E-state index in [-0.39, 0.29) is 5.97 Å². The number of methoxy groups -OCH3 is 1. The van der Waals surface area contributed by atoms with E-state index in [1.807, 2.05) is 12.1 Å². The van der Waals surface area contributed by atoms with Crippen LogP contribution in [0.5, 0.6) is 0 Å². The van der Waals surface area contributed by atoms with Crippen LogP contribution in [0.2, 0.25) is 0 Å². The van der Waals surface area contributed by atoms with Crippen molar-refractivity contribution in [2.75, 3.05) is 25.5 Å². The number of carbonyl (C=O) groups excluding carboxylic acids is 1. The van der Waals surface area contributed by atoms with Gasteiger partial charge >= 0.3 is 5.97 Å². The molecule has 1 N–H and O–H groups in total. The molecular formula is C18H21N3O2. The Hall–Kier alpha value is -2.40. The molecule has 3 rings (SSSR count). The van der Waals surface area contributed by atoms with Crippen molar-refractivity contribution in [2.24, 2.45) is 0 Å². The van der Waals surface area contributed by atoms with Crippen molar-refractivity contribution in [1.82, 2.24) is 9.88 Å². The normalized spacial score (nSPS) is 17.9. The van der Waals surface area contributed by atoms with Crippen LogP contribution in [0.1, 0.15) is 22.3 Å². The average Bonchev–Trinajstić information content (AvgIpc) is 3.02. The smallest absolute Gasteiger partial charge is 0.339 e. The molecule has 0 aliphatic carbocycles. The highest BCUT2D eigenvalue weighted by molar-refractivity contribution is 5.89. The quantitative estimate of drug-likeness (QED) is 0.860. The lowest BCUT2D eigenvalue weighted by Crippen LogP contribution is -2.26. The number of aromatic nitrogens is 1. The second kappa shape index (κ2) is 7.24. The van der Waals surface area contributed by atoms with Gasteiger partial charge in [-0.25, -0.2) is 9.78 Å². The molecule has 0 spiro atoms. The van der Waals surface area contributed by atoms with Crippen LogP contribution < -0.4 is 5.32 Å². The van der Waals surface area contributed by atoms with Crippen molar-refractivity contribution >= 4 is 11.8 Å². The lowest BCUT2D eigenvalue weighted by Gasteiger charge is -2.17. The Labute approximate surface area is 136 Å². The summed E-state index contributed by atoms with van der Waals surface area (Å²) in [6.45, 7) is 3.05. The summed E-state index contributed by atoms with van der Waals surface area (Å²) in [6, 6.07) is 14.5. The first-order valence-corrected chi connectivity index (χ1v) is 7.82. The molecule has 2 aromatic rings.